The first kappa shape index (κ1) is 15.6. The molecule has 2 amide bonds. The Bertz CT molecular complexity index is 593. The second-order valence-corrected chi connectivity index (χ2v) is 5.99. The highest BCUT2D eigenvalue weighted by Gasteiger charge is 2.32. The first-order valence-corrected chi connectivity index (χ1v) is 7.42. The number of nitrogens with one attached hydrogen (secondary N) is 2. The number of amides is 2. The van der Waals surface area contributed by atoms with Crippen LogP contribution in [0.4, 0.5) is 4.79 Å². The molecule has 0 aromatic heterocycles. The number of carbonyl (C=O) groups excluding carboxylic acids is 2. The van der Waals surface area contributed by atoms with Gasteiger partial charge in [0.15, 0.2) is 0 Å². The van der Waals surface area contributed by atoms with Crippen molar-refractivity contribution >= 4 is 27.9 Å². The first-order chi connectivity index (χ1) is 9.88. The molecule has 0 saturated carbocycles. The van der Waals surface area contributed by atoms with E-state index in [0.29, 0.717) is 11.3 Å². The van der Waals surface area contributed by atoms with Crippen molar-refractivity contribution in [1.29, 1.82) is 0 Å². The maximum Gasteiger partial charge on any atom is 0.338 e. The molecule has 0 aliphatic carbocycles. The Morgan fingerprint density at radius 1 is 1.29 bits per heavy atom. The molecular formula is C15H17BrN2O3. The van der Waals surface area contributed by atoms with Crippen molar-refractivity contribution in [3.8, 4) is 0 Å². The first-order valence-electron chi connectivity index (χ1n) is 6.63. The Hall–Kier alpha value is -1.82. The van der Waals surface area contributed by atoms with Crippen LogP contribution in [0.15, 0.2) is 40.0 Å². The molecule has 0 saturated heterocycles. The van der Waals surface area contributed by atoms with Crippen LogP contribution >= 0.6 is 15.9 Å². The van der Waals surface area contributed by atoms with Crippen molar-refractivity contribution in [2.45, 2.75) is 32.9 Å². The molecule has 21 heavy (non-hydrogen) atoms. The van der Waals surface area contributed by atoms with E-state index in [-0.39, 0.29) is 12.1 Å². The molecule has 0 bridgehead atoms. The molecule has 1 aromatic carbocycles. The highest BCUT2D eigenvalue weighted by molar-refractivity contribution is 9.10. The third kappa shape index (κ3) is 3.64. The van der Waals surface area contributed by atoms with Crippen LogP contribution in [-0.4, -0.2) is 18.1 Å². The highest BCUT2D eigenvalue weighted by atomic mass is 79.9. The van der Waals surface area contributed by atoms with Crippen LogP contribution in [-0.2, 0) is 9.53 Å². The van der Waals surface area contributed by atoms with Crippen molar-refractivity contribution in [3.63, 3.8) is 0 Å². The van der Waals surface area contributed by atoms with Gasteiger partial charge in [-0.25, -0.2) is 9.59 Å². The number of benzene rings is 1. The quantitative estimate of drug-likeness (QED) is 0.821. The number of rotatable bonds is 3. The van der Waals surface area contributed by atoms with Gasteiger partial charge in [0.2, 0.25) is 0 Å². The van der Waals surface area contributed by atoms with Crippen molar-refractivity contribution in [2.24, 2.45) is 0 Å². The predicted molar refractivity (Wildman–Crippen MR) is 82.5 cm³/mol. The van der Waals surface area contributed by atoms with Crippen LogP contribution in [0, 0.1) is 0 Å². The van der Waals surface area contributed by atoms with E-state index in [9.17, 15) is 9.59 Å². The lowest BCUT2D eigenvalue weighted by atomic mass is 9.95. The number of esters is 1. The minimum absolute atomic E-state index is 0.221. The summed E-state index contributed by atoms with van der Waals surface area (Å²) in [6.45, 7) is 5.27. The Labute approximate surface area is 131 Å². The maximum absolute atomic E-state index is 12.3. The summed E-state index contributed by atoms with van der Waals surface area (Å²) in [6.07, 6.45) is -0.221. The van der Waals surface area contributed by atoms with Gasteiger partial charge in [0.1, 0.15) is 0 Å². The summed E-state index contributed by atoms with van der Waals surface area (Å²) in [6, 6.07) is 6.60. The van der Waals surface area contributed by atoms with Crippen molar-refractivity contribution in [1.82, 2.24) is 10.6 Å². The molecule has 2 rings (SSSR count). The van der Waals surface area contributed by atoms with E-state index in [0.717, 1.165) is 10.0 Å². The molecule has 5 nitrogen and oxygen atoms in total. The molecule has 1 aromatic rings. The largest absolute Gasteiger partial charge is 0.459 e. The Kier molecular flexibility index (Phi) is 4.67. The zero-order chi connectivity index (χ0) is 15.6. The van der Waals surface area contributed by atoms with E-state index in [2.05, 4.69) is 26.6 Å². The monoisotopic (exact) mass is 352 g/mol. The third-order valence-electron chi connectivity index (χ3n) is 3.04. The van der Waals surface area contributed by atoms with Gasteiger partial charge in [-0.05, 0) is 38.5 Å². The molecule has 0 spiro atoms. The van der Waals surface area contributed by atoms with Crippen molar-refractivity contribution < 1.29 is 14.3 Å². The molecule has 112 valence electrons. The Balaban J connectivity index is 2.40. The van der Waals surface area contributed by atoms with Gasteiger partial charge in [0.05, 0.1) is 17.7 Å². The van der Waals surface area contributed by atoms with E-state index < -0.39 is 12.0 Å². The van der Waals surface area contributed by atoms with Crippen LogP contribution in [0.3, 0.4) is 0 Å². The summed E-state index contributed by atoms with van der Waals surface area (Å²) < 4.78 is 6.20. The number of urea groups is 1. The van der Waals surface area contributed by atoms with Crippen LogP contribution in [0.2, 0.25) is 0 Å². The molecule has 0 unspecified atom stereocenters. The van der Waals surface area contributed by atoms with Gasteiger partial charge in [0.25, 0.3) is 0 Å². The Morgan fingerprint density at radius 2 is 1.90 bits per heavy atom. The topological polar surface area (TPSA) is 67.4 Å². The number of hydrogen-bond donors (Lipinski definition) is 2. The van der Waals surface area contributed by atoms with Gasteiger partial charge >= 0.3 is 12.0 Å². The third-order valence-corrected chi connectivity index (χ3v) is 3.56. The predicted octanol–water partition coefficient (Wildman–Crippen LogP) is 3.03. The fourth-order valence-electron chi connectivity index (χ4n) is 2.15. The summed E-state index contributed by atoms with van der Waals surface area (Å²) >= 11 is 3.37. The smallest absolute Gasteiger partial charge is 0.338 e. The summed E-state index contributed by atoms with van der Waals surface area (Å²) in [5, 5.41) is 5.38. The molecular weight excluding hydrogens is 336 g/mol. The van der Waals surface area contributed by atoms with E-state index in [4.69, 9.17) is 4.74 Å². The van der Waals surface area contributed by atoms with Crippen molar-refractivity contribution in [3.05, 3.63) is 45.6 Å². The molecule has 1 heterocycles. The summed E-state index contributed by atoms with van der Waals surface area (Å²) in [7, 11) is 0. The molecule has 0 radical (unpaired) electrons. The molecule has 6 heteroatoms. The normalized spacial score (nSPS) is 18.3. The van der Waals surface area contributed by atoms with Crippen LogP contribution in [0.1, 0.15) is 32.4 Å². The zero-order valence-corrected chi connectivity index (χ0v) is 13.7. The molecule has 2 N–H and O–H groups in total. The number of carbonyl (C=O) groups is 2. The lowest BCUT2D eigenvalue weighted by Gasteiger charge is -2.28. The summed E-state index contributed by atoms with van der Waals surface area (Å²) in [5.41, 5.74) is 1.76. The fourth-order valence-corrected chi connectivity index (χ4v) is 2.41. The fraction of sp³-hybridized carbons (Fsp3) is 0.333. The molecule has 1 aliphatic rings. The van der Waals surface area contributed by atoms with Gasteiger partial charge < -0.3 is 15.4 Å². The SMILES string of the molecule is CC1=C(C(=O)OC(C)C)[C@@H](c2ccc(Br)cc2)NC(=O)N1. The van der Waals surface area contributed by atoms with Gasteiger partial charge in [-0.1, -0.05) is 28.1 Å². The second-order valence-electron chi connectivity index (χ2n) is 5.08. The average molecular weight is 353 g/mol. The molecule has 1 atom stereocenters. The molecule has 1 aliphatic heterocycles. The van der Waals surface area contributed by atoms with Crippen LogP contribution < -0.4 is 10.6 Å². The zero-order valence-electron chi connectivity index (χ0n) is 12.1. The highest BCUT2D eigenvalue weighted by Crippen LogP contribution is 2.28. The number of hydrogen-bond acceptors (Lipinski definition) is 3. The number of ether oxygens (including phenoxy) is 1. The van der Waals surface area contributed by atoms with Gasteiger partial charge in [-0.2, -0.15) is 0 Å². The van der Waals surface area contributed by atoms with E-state index in [1.165, 1.54) is 0 Å². The Morgan fingerprint density at radius 3 is 2.48 bits per heavy atom. The van der Waals surface area contributed by atoms with E-state index in [1.54, 1.807) is 20.8 Å². The minimum Gasteiger partial charge on any atom is -0.459 e. The lowest BCUT2D eigenvalue weighted by molar-refractivity contribution is -0.143. The summed E-state index contributed by atoms with van der Waals surface area (Å²) in [5.74, 6) is -0.428. The number of allylic oxidation sites excluding steroid dienone is 1. The van der Waals surface area contributed by atoms with Crippen LogP contribution in [0.5, 0.6) is 0 Å². The second kappa shape index (κ2) is 6.30. The summed E-state index contributed by atoms with van der Waals surface area (Å²) in [4.78, 5) is 24.0. The van der Waals surface area contributed by atoms with Gasteiger partial charge in [0, 0.05) is 10.2 Å². The standard InChI is InChI=1S/C15H17BrN2O3/c1-8(2)21-14(19)12-9(3)17-15(20)18-13(12)10-4-6-11(16)7-5-10/h4-8,13H,1-3H3,(H2,17,18,20)/t13-/m1/s1. The van der Waals surface area contributed by atoms with Gasteiger partial charge in [-0.3, -0.25) is 0 Å². The van der Waals surface area contributed by atoms with Crippen molar-refractivity contribution in [2.75, 3.05) is 0 Å². The molecule has 0 fully saturated rings. The van der Waals surface area contributed by atoms with Gasteiger partial charge in [-0.15, -0.1) is 0 Å². The minimum atomic E-state index is -0.516. The van der Waals surface area contributed by atoms with Crippen LogP contribution in [0.25, 0.3) is 0 Å². The number of halogens is 1. The van der Waals surface area contributed by atoms with E-state index in [1.807, 2.05) is 24.3 Å². The van der Waals surface area contributed by atoms with E-state index >= 15 is 0 Å². The maximum atomic E-state index is 12.3. The average Bonchev–Trinajstić information content (AvgIpc) is 2.37. The lowest BCUT2D eigenvalue weighted by Crippen LogP contribution is -2.45.